The van der Waals surface area contributed by atoms with Gasteiger partial charge in [0.25, 0.3) is 0 Å². The Hall–Kier alpha value is -2.97. The molecule has 0 aliphatic carbocycles. The Morgan fingerprint density at radius 3 is 2.09 bits per heavy atom. The van der Waals surface area contributed by atoms with Crippen LogP contribution in [-0.4, -0.2) is 47.3 Å². The summed E-state index contributed by atoms with van der Waals surface area (Å²) in [5, 5.41) is -1.72. The normalized spacial score (nSPS) is 25.2. The topological polar surface area (TPSA) is 97.8 Å². The lowest BCUT2D eigenvalue weighted by molar-refractivity contribution is -0.173. The third-order valence-corrected chi connectivity index (χ3v) is 8.74. The van der Waals surface area contributed by atoms with Gasteiger partial charge in [0.2, 0.25) is 5.91 Å². The third-order valence-electron chi connectivity index (χ3n) is 6.33. The standard InChI is InChI=1S/C25H24ClNO6S/c1-16-15-34(31,32)23-20(26)22(29)27(23)25(16,14-13-17(2)28)24(30)33-21(18-9-5-3-6-10-18)19-11-7-4-8-12-19/h3-12,15,20-21,23H,13-14H2,1-2H3/t20-,23-,25?/m0/s1. The number of fused-ring (bicyclic) bond motifs is 1. The van der Waals surface area contributed by atoms with Gasteiger partial charge >= 0.3 is 5.97 Å². The molecule has 3 atom stereocenters. The molecule has 0 spiro atoms. The van der Waals surface area contributed by atoms with E-state index in [4.69, 9.17) is 16.3 Å². The Morgan fingerprint density at radius 2 is 1.59 bits per heavy atom. The van der Waals surface area contributed by atoms with Crippen LogP contribution in [0.4, 0.5) is 0 Å². The summed E-state index contributed by atoms with van der Waals surface area (Å²) in [6, 6.07) is 18.2. The van der Waals surface area contributed by atoms with Gasteiger partial charge in [0.1, 0.15) is 11.2 Å². The number of ether oxygens (including phenoxy) is 1. The third kappa shape index (κ3) is 3.95. The van der Waals surface area contributed by atoms with Gasteiger partial charge in [0.15, 0.2) is 26.9 Å². The molecule has 0 aromatic heterocycles. The minimum atomic E-state index is -3.91. The second kappa shape index (κ2) is 9.00. The van der Waals surface area contributed by atoms with Crippen molar-refractivity contribution in [2.45, 2.75) is 49.1 Å². The van der Waals surface area contributed by atoms with Crippen molar-refractivity contribution in [2.75, 3.05) is 0 Å². The number of hydrogen-bond donors (Lipinski definition) is 0. The molecule has 1 unspecified atom stereocenters. The highest BCUT2D eigenvalue weighted by Gasteiger charge is 2.67. The molecule has 2 heterocycles. The summed E-state index contributed by atoms with van der Waals surface area (Å²) in [5.74, 6) is -1.70. The van der Waals surface area contributed by atoms with E-state index in [0.29, 0.717) is 11.1 Å². The smallest absolute Gasteiger partial charge is 0.337 e. The van der Waals surface area contributed by atoms with Crippen LogP contribution < -0.4 is 0 Å². The van der Waals surface area contributed by atoms with E-state index in [1.165, 1.54) is 13.8 Å². The van der Waals surface area contributed by atoms with Crippen molar-refractivity contribution in [3.63, 3.8) is 0 Å². The predicted molar refractivity (Wildman–Crippen MR) is 126 cm³/mol. The van der Waals surface area contributed by atoms with E-state index >= 15 is 0 Å². The van der Waals surface area contributed by atoms with Crippen molar-refractivity contribution in [1.82, 2.24) is 4.90 Å². The van der Waals surface area contributed by atoms with Crippen LogP contribution in [0.1, 0.15) is 43.9 Å². The zero-order chi connectivity index (χ0) is 24.7. The molecule has 0 N–H and O–H groups in total. The molecular formula is C25H24ClNO6S. The summed E-state index contributed by atoms with van der Waals surface area (Å²) in [6.45, 7) is 2.83. The first-order valence-corrected chi connectivity index (χ1v) is 12.8. The Kier molecular flexibility index (Phi) is 6.40. The fourth-order valence-corrected chi connectivity index (χ4v) is 7.08. The molecule has 7 nitrogen and oxygen atoms in total. The van der Waals surface area contributed by atoms with Gasteiger partial charge in [0.05, 0.1) is 0 Å². The van der Waals surface area contributed by atoms with Crippen molar-refractivity contribution in [3.8, 4) is 0 Å². The summed E-state index contributed by atoms with van der Waals surface area (Å²) >= 11 is 6.08. The van der Waals surface area contributed by atoms with Gasteiger partial charge < -0.3 is 14.4 Å². The van der Waals surface area contributed by atoms with Crippen LogP contribution in [0, 0.1) is 0 Å². The molecule has 0 saturated carbocycles. The number of rotatable bonds is 7. The number of esters is 1. The molecule has 2 aromatic rings. The number of sulfone groups is 1. The van der Waals surface area contributed by atoms with E-state index in [1.54, 1.807) is 0 Å². The highest BCUT2D eigenvalue weighted by atomic mass is 35.5. The number of amides is 1. The number of Topliss-reactive ketones (excluding diaryl/α,β-unsaturated/α-hetero) is 1. The molecule has 0 radical (unpaired) electrons. The molecule has 2 aromatic carbocycles. The van der Waals surface area contributed by atoms with Crippen molar-refractivity contribution in [3.05, 3.63) is 82.8 Å². The maximum atomic E-state index is 13.9. The summed E-state index contributed by atoms with van der Waals surface area (Å²) in [6.07, 6.45) is -0.969. The first kappa shape index (κ1) is 24.2. The van der Waals surface area contributed by atoms with Gasteiger partial charge in [-0.05, 0) is 37.0 Å². The zero-order valence-electron chi connectivity index (χ0n) is 18.7. The number of ketones is 1. The first-order chi connectivity index (χ1) is 16.1. The zero-order valence-corrected chi connectivity index (χ0v) is 20.3. The maximum Gasteiger partial charge on any atom is 0.337 e. The van der Waals surface area contributed by atoms with Crippen molar-refractivity contribution >= 4 is 39.1 Å². The molecule has 178 valence electrons. The highest BCUT2D eigenvalue weighted by Crippen LogP contribution is 2.48. The van der Waals surface area contributed by atoms with E-state index in [2.05, 4.69) is 0 Å². The van der Waals surface area contributed by atoms with Crippen LogP contribution in [0.25, 0.3) is 0 Å². The van der Waals surface area contributed by atoms with Gasteiger partial charge in [-0.25, -0.2) is 13.2 Å². The molecule has 0 bridgehead atoms. The Balaban J connectivity index is 1.82. The van der Waals surface area contributed by atoms with E-state index in [0.717, 1.165) is 10.3 Å². The first-order valence-electron chi connectivity index (χ1n) is 10.8. The molecule has 34 heavy (non-hydrogen) atoms. The summed E-state index contributed by atoms with van der Waals surface area (Å²) in [4.78, 5) is 39.7. The van der Waals surface area contributed by atoms with Crippen molar-refractivity contribution in [1.29, 1.82) is 0 Å². The van der Waals surface area contributed by atoms with Gasteiger partial charge in [-0.15, -0.1) is 11.6 Å². The van der Waals surface area contributed by atoms with Crippen LogP contribution in [0.15, 0.2) is 71.6 Å². The molecule has 4 rings (SSSR count). The summed E-state index contributed by atoms with van der Waals surface area (Å²) < 4.78 is 31.5. The minimum Gasteiger partial charge on any atom is -0.451 e. The molecule has 1 amide bonds. The van der Waals surface area contributed by atoms with E-state index < -0.39 is 44.1 Å². The molecule has 2 aliphatic heterocycles. The van der Waals surface area contributed by atoms with Crippen molar-refractivity contribution in [2.24, 2.45) is 0 Å². The second-order valence-corrected chi connectivity index (χ2v) is 10.9. The number of carbonyl (C=O) groups excluding carboxylic acids is 3. The number of halogens is 1. The lowest BCUT2D eigenvalue weighted by atomic mass is 9.81. The lowest BCUT2D eigenvalue weighted by Gasteiger charge is -2.55. The molecule has 9 heteroatoms. The van der Waals surface area contributed by atoms with E-state index in [1.807, 2.05) is 60.7 Å². The number of hydrogen-bond acceptors (Lipinski definition) is 6. The Labute approximate surface area is 203 Å². The van der Waals surface area contributed by atoms with Gasteiger partial charge in [-0.2, -0.15) is 0 Å². The quantitative estimate of drug-likeness (QED) is 0.327. The Bertz CT molecular complexity index is 1220. The molecule has 1 saturated heterocycles. The van der Waals surface area contributed by atoms with Gasteiger partial charge in [-0.1, -0.05) is 60.7 Å². The SMILES string of the molecule is CC(=O)CCC1(C(=O)OC(c2ccccc2)c2ccccc2)C(C)=CS(=O)(=O)[C@H]2[C@@H](Cl)C(=O)N21. The Morgan fingerprint density at radius 1 is 1.06 bits per heavy atom. The lowest BCUT2D eigenvalue weighted by Crippen LogP contribution is -2.77. The average molecular weight is 502 g/mol. The fourth-order valence-electron chi connectivity index (χ4n) is 4.58. The second-order valence-electron chi connectivity index (χ2n) is 8.56. The molecular weight excluding hydrogens is 478 g/mol. The van der Waals surface area contributed by atoms with Crippen LogP contribution in [0.3, 0.4) is 0 Å². The number of alkyl halides is 1. The fraction of sp³-hybridized carbons (Fsp3) is 0.320. The van der Waals surface area contributed by atoms with Crippen LogP contribution in [0.2, 0.25) is 0 Å². The van der Waals surface area contributed by atoms with Crippen LogP contribution >= 0.6 is 11.6 Å². The monoisotopic (exact) mass is 501 g/mol. The largest absolute Gasteiger partial charge is 0.451 e. The summed E-state index contributed by atoms with van der Waals surface area (Å²) in [5.41, 5.74) is -0.232. The average Bonchev–Trinajstić information content (AvgIpc) is 2.81. The van der Waals surface area contributed by atoms with Gasteiger partial charge in [0, 0.05) is 11.8 Å². The minimum absolute atomic E-state index is 0.0505. The van der Waals surface area contributed by atoms with Crippen LogP contribution in [0.5, 0.6) is 0 Å². The van der Waals surface area contributed by atoms with Crippen LogP contribution in [-0.2, 0) is 29.0 Å². The number of nitrogens with zero attached hydrogens (tertiary/aromatic N) is 1. The van der Waals surface area contributed by atoms with Crippen molar-refractivity contribution < 1.29 is 27.5 Å². The molecule has 1 fully saturated rings. The highest BCUT2D eigenvalue weighted by molar-refractivity contribution is 7.95. The predicted octanol–water partition coefficient (Wildman–Crippen LogP) is 3.54. The maximum absolute atomic E-state index is 13.9. The molecule has 2 aliphatic rings. The number of benzene rings is 2. The summed E-state index contributed by atoms with van der Waals surface area (Å²) in [7, 11) is -3.91. The number of carbonyl (C=O) groups is 3. The van der Waals surface area contributed by atoms with E-state index in [-0.39, 0.29) is 24.2 Å². The number of β-lactam (4-membered cyclic amide) rings is 1. The van der Waals surface area contributed by atoms with Gasteiger partial charge in [-0.3, -0.25) is 4.79 Å². The van der Waals surface area contributed by atoms with E-state index in [9.17, 15) is 22.8 Å².